The third kappa shape index (κ3) is 4.27. The molecular weight excluding hydrogens is 402 g/mol. The van der Waals surface area contributed by atoms with E-state index in [1.54, 1.807) is 0 Å². The van der Waals surface area contributed by atoms with Gasteiger partial charge in [0.05, 0.1) is 12.7 Å². The SMILES string of the molecule is CCC(C)c1cn(CCCc2ccccc2Br)c2cc(C(=O)OC)ccc12. The van der Waals surface area contributed by atoms with Gasteiger partial charge in [-0.05, 0) is 54.5 Å². The summed E-state index contributed by atoms with van der Waals surface area (Å²) in [6.07, 6.45) is 5.40. The molecule has 0 aliphatic heterocycles. The van der Waals surface area contributed by atoms with Crippen LogP contribution in [0.15, 0.2) is 53.1 Å². The van der Waals surface area contributed by atoms with Crippen LogP contribution in [0.3, 0.4) is 0 Å². The summed E-state index contributed by atoms with van der Waals surface area (Å²) in [5.74, 6) is 0.198. The number of halogens is 1. The summed E-state index contributed by atoms with van der Waals surface area (Å²) in [4.78, 5) is 12.0. The van der Waals surface area contributed by atoms with Crippen LogP contribution in [0.1, 0.15) is 54.1 Å². The van der Waals surface area contributed by atoms with Crippen molar-refractivity contribution in [2.45, 2.75) is 45.6 Å². The molecule has 1 heterocycles. The number of ether oxygens (including phenoxy) is 1. The molecule has 3 rings (SSSR count). The zero-order chi connectivity index (χ0) is 19.4. The molecule has 27 heavy (non-hydrogen) atoms. The number of methoxy groups -OCH3 is 1. The fourth-order valence-corrected chi connectivity index (χ4v) is 3.99. The normalized spacial score (nSPS) is 12.3. The van der Waals surface area contributed by atoms with Gasteiger partial charge in [0, 0.05) is 28.1 Å². The van der Waals surface area contributed by atoms with Crippen molar-refractivity contribution < 1.29 is 9.53 Å². The van der Waals surface area contributed by atoms with Crippen molar-refractivity contribution >= 4 is 32.8 Å². The van der Waals surface area contributed by atoms with Crippen molar-refractivity contribution in [3.63, 3.8) is 0 Å². The van der Waals surface area contributed by atoms with Gasteiger partial charge in [-0.1, -0.05) is 54.0 Å². The van der Waals surface area contributed by atoms with Crippen molar-refractivity contribution in [2.75, 3.05) is 7.11 Å². The maximum absolute atomic E-state index is 12.0. The Morgan fingerprint density at radius 1 is 1.22 bits per heavy atom. The van der Waals surface area contributed by atoms with Crippen molar-refractivity contribution in [2.24, 2.45) is 0 Å². The summed E-state index contributed by atoms with van der Waals surface area (Å²) in [5, 5.41) is 1.23. The van der Waals surface area contributed by atoms with Gasteiger partial charge in [-0.25, -0.2) is 4.79 Å². The summed E-state index contributed by atoms with van der Waals surface area (Å²) in [6, 6.07) is 14.3. The van der Waals surface area contributed by atoms with Crippen molar-refractivity contribution in [1.29, 1.82) is 0 Å². The van der Waals surface area contributed by atoms with Crippen LogP contribution in [-0.2, 0) is 17.7 Å². The second kappa shape index (κ2) is 8.75. The molecule has 0 aliphatic carbocycles. The number of hydrogen-bond donors (Lipinski definition) is 0. The van der Waals surface area contributed by atoms with E-state index in [2.05, 4.69) is 64.8 Å². The van der Waals surface area contributed by atoms with E-state index in [1.165, 1.54) is 23.6 Å². The number of fused-ring (bicyclic) bond motifs is 1. The second-order valence-corrected chi connectivity index (χ2v) is 7.86. The van der Waals surface area contributed by atoms with Gasteiger partial charge in [-0.2, -0.15) is 0 Å². The molecule has 0 amide bonds. The van der Waals surface area contributed by atoms with Crippen LogP contribution in [0, 0.1) is 0 Å². The second-order valence-electron chi connectivity index (χ2n) is 7.01. The fourth-order valence-electron chi connectivity index (χ4n) is 3.50. The first-order valence-corrected chi connectivity index (χ1v) is 10.3. The summed E-state index contributed by atoms with van der Waals surface area (Å²) in [5.41, 5.74) is 4.39. The predicted molar refractivity (Wildman–Crippen MR) is 114 cm³/mol. The molecule has 0 spiro atoms. The number of nitrogens with zero attached hydrogens (tertiary/aromatic N) is 1. The Hall–Kier alpha value is -2.07. The largest absolute Gasteiger partial charge is 0.465 e. The maximum Gasteiger partial charge on any atom is 0.337 e. The molecule has 3 nitrogen and oxygen atoms in total. The van der Waals surface area contributed by atoms with Crippen LogP contribution in [0.5, 0.6) is 0 Å². The highest BCUT2D eigenvalue weighted by molar-refractivity contribution is 9.10. The minimum atomic E-state index is -0.289. The zero-order valence-electron chi connectivity index (χ0n) is 16.2. The highest BCUT2D eigenvalue weighted by atomic mass is 79.9. The van der Waals surface area contributed by atoms with E-state index < -0.39 is 0 Å². The Bertz CT molecular complexity index is 945. The van der Waals surface area contributed by atoms with Gasteiger partial charge in [0.1, 0.15) is 0 Å². The lowest BCUT2D eigenvalue weighted by Gasteiger charge is -2.08. The molecule has 142 valence electrons. The minimum Gasteiger partial charge on any atom is -0.465 e. The van der Waals surface area contributed by atoms with Crippen molar-refractivity contribution in [1.82, 2.24) is 4.57 Å². The highest BCUT2D eigenvalue weighted by Crippen LogP contribution is 2.31. The average Bonchev–Trinajstić information content (AvgIpc) is 3.06. The van der Waals surface area contributed by atoms with Crippen molar-refractivity contribution in [3.8, 4) is 0 Å². The van der Waals surface area contributed by atoms with Crippen LogP contribution >= 0.6 is 15.9 Å². The summed E-state index contributed by atoms with van der Waals surface area (Å²) < 4.78 is 8.35. The van der Waals surface area contributed by atoms with Gasteiger partial charge in [0.15, 0.2) is 0 Å². The zero-order valence-corrected chi connectivity index (χ0v) is 17.8. The smallest absolute Gasteiger partial charge is 0.337 e. The number of aryl methyl sites for hydroxylation is 2. The van der Waals surface area contributed by atoms with Gasteiger partial charge < -0.3 is 9.30 Å². The van der Waals surface area contributed by atoms with E-state index in [-0.39, 0.29) is 5.97 Å². The number of hydrogen-bond acceptors (Lipinski definition) is 2. The average molecular weight is 428 g/mol. The van der Waals surface area contributed by atoms with Crippen molar-refractivity contribution in [3.05, 3.63) is 69.8 Å². The third-order valence-electron chi connectivity index (χ3n) is 5.28. The van der Waals surface area contributed by atoms with E-state index in [1.807, 2.05) is 18.2 Å². The number of aromatic nitrogens is 1. The lowest BCUT2D eigenvalue weighted by Crippen LogP contribution is -2.02. The number of rotatable bonds is 7. The number of benzene rings is 2. The van der Waals surface area contributed by atoms with Crippen LogP contribution in [0.2, 0.25) is 0 Å². The molecule has 0 N–H and O–H groups in total. The van der Waals surface area contributed by atoms with E-state index in [4.69, 9.17) is 4.74 Å². The molecule has 3 aromatic rings. The number of esters is 1. The Balaban J connectivity index is 1.90. The quantitative estimate of drug-likeness (QED) is 0.412. The van der Waals surface area contributed by atoms with Crippen LogP contribution in [-0.4, -0.2) is 17.6 Å². The molecule has 0 saturated carbocycles. The Morgan fingerprint density at radius 2 is 2.00 bits per heavy atom. The monoisotopic (exact) mass is 427 g/mol. The molecule has 1 aromatic heterocycles. The molecule has 0 fully saturated rings. The van der Waals surface area contributed by atoms with E-state index in [0.717, 1.165) is 35.8 Å². The lowest BCUT2D eigenvalue weighted by atomic mass is 9.98. The summed E-state index contributed by atoms with van der Waals surface area (Å²) >= 11 is 3.63. The molecule has 4 heteroatoms. The van der Waals surface area contributed by atoms with Gasteiger partial charge in [0.25, 0.3) is 0 Å². The molecule has 2 aromatic carbocycles. The standard InChI is InChI=1S/C23H26BrNO2/c1-4-16(2)20-15-25(13-7-9-17-8-5-6-10-21(17)24)22-14-18(23(26)27-3)11-12-19(20)22/h5-6,8,10-12,14-16H,4,7,9,13H2,1-3H3. The maximum atomic E-state index is 12.0. The van der Waals surface area contributed by atoms with E-state index in [9.17, 15) is 4.79 Å². The lowest BCUT2D eigenvalue weighted by molar-refractivity contribution is 0.0601. The molecule has 0 bridgehead atoms. The van der Waals surface area contributed by atoms with Gasteiger partial charge in [0.2, 0.25) is 0 Å². The first-order valence-electron chi connectivity index (χ1n) is 9.49. The summed E-state index contributed by atoms with van der Waals surface area (Å²) in [7, 11) is 1.42. The van der Waals surface area contributed by atoms with Gasteiger partial charge in [-0.15, -0.1) is 0 Å². The highest BCUT2D eigenvalue weighted by Gasteiger charge is 2.15. The molecule has 0 aliphatic rings. The molecule has 0 radical (unpaired) electrons. The first kappa shape index (κ1) is 19.7. The predicted octanol–water partition coefficient (Wildman–Crippen LogP) is 6.34. The number of carbonyl (C=O) groups excluding carboxylic acids is 1. The third-order valence-corrected chi connectivity index (χ3v) is 6.05. The molecule has 0 saturated heterocycles. The molecular formula is C23H26BrNO2. The van der Waals surface area contributed by atoms with E-state index in [0.29, 0.717) is 11.5 Å². The van der Waals surface area contributed by atoms with Gasteiger partial charge >= 0.3 is 5.97 Å². The number of carbonyl (C=O) groups is 1. The molecule has 1 unspecified atom stereocenters. The Labute approximate surface area is 169 Å². The first-order chi connectivity index (χ1) is 13.0. The topological polar surface area (TPSA) is 31.2 Å². The van der Waals surface area contributed by atoms with Gasteiger partial charge in [-0.3, -0.25) is 0 Å². The Kier molecular flexibility index (Phi) is 6.38. The molecule has 1 atom stereocenters. The summed E-state index contributed by atoms with van der Waals surface area (Å²) in [6.45, 7) is 5.39. The minimum absolute atomic E-state index is 0.289. The fraction of sp³-hybridized carbons (Fsp3) is 0.348. The Morgan fingerprint density at radius 3 is 2.70 bits per heavy atom. The van der Waals surface area contributed by atoms with Crippen LogP contribution in [0.25, 0.3) is 10.9 Å². The van der Waals surface area contributed by atoms with Crippen LogP contribution < -0.4 is 0 Å². The van der Waals surface area contributed by atoms with E-state index >= 15 is 0 Å². The van der Waals surface area contributed by atoms with Crippen LogP contribution in [0.4, 0.5) is 0 Å².